The monoisotopic (exact) mass is 337 g/mol. The molecule has 1 aromatic carbocycles. The first-order valence-corrected chi connectivity index (χ1v) is 7.28. The third-order valence-electron chi connectivity index (χ3n) is 3.09. The van der Waals surface area contributed by atoms with Crippen LogP contribution in [0.2, 0.25) is 0 Å². The molecule has 0 saturated carbocycles. The number of nitrogens with one attached hydrogen (secondary N) is 1. The van der Waals surface area contributed by atoms with Gasteiger partial charge in [0.25, 0.3) is 5.91 Å². The number of hydrogen-bond acceptors (Lipinski definition) is 2. The lowest BCUT2D eigenvalue weighted by atomic mass is 10.2. The van der Waals surface area contributed by atoms with Gasteiger partial charge in [-0.3, -0.25) is 4.79 Å². The highest BCUT2D eigenvalue weighted by molar-refractivity contribution is 9.10. The molecular weight excluding hydrogens is 320 g/mol. The van der Waals surface area contributed by atoms with Gasteiger partial charge in [-0.05, 0) is 49.7 Å². The summed E-state index contributed by atoms with van der Waals surface area (Å²) in [5.74, 6) is 0.849. The lowest BCUT2D eigenvalue weighted by Crippen LogP contribution is -2.86. The van der Waals surface area contributed by atoms with Crippen LogP contribution in [0.3, 0.4) is 0 Å². The van der Waals surface area contributed by atoms with E-state index in [0.29, 0.717) is 6.54 Å². The van der Waals surface area contributed by atoms with E-state index in [-0.39, 0.29) is 11.9 Å². The van der Waals surface area contributed by atoms with Crippen molar-refractivity contribution in [3.05, 3.63) is 52.4 Å². The van der Waals surface area contributed by atoms with E-state index in [0.717, 1.165) is 21.5 Å². The number of amides is 1. The summed E-state index contributed by atoms with van der Waals surface area (Å²) in [6, 6.07) is 9.65. The third-order valence-corrected chi connectivity index (χ3v) is 3.98. The number of carbonyl (C=O) groups is 1. The Hall–Kier alpha value is -1.59. The smallest absolute Gasteiger partial charge is 0.279 e. The molecule has 0 aliphatic heterocycles. The molecule has 106 valence electrons. The Bertz CT molecular complexity index is 582. The van der Waals surface area contributed by atoms with Crippen LogP contribution in [0.25, 0.3) is 0 Å². The first-order chi connectivity index (χ1) is 9.56. The molecule has 0 saturated heterocycles. The van der Waals surface area contributed by atoms with E-state index in [1.54, 1.807) is 6.26 Å². The van der Waals surface area contributed by atoms with Crippen molar-refractivity contribution in [3.63, 3.8) is 0 Å². The van der Waals surface area contributed by atoms with Crippen molar-refractivity contribution in [2.24, 2.45) is 0 Å². The van der Waals surface area contributed by atoms with E-state index in [9.17, 15) is 4.79 Å². The van der Waals surface area contributed by atoms with Gasteiger partial charge in [0, 0.05) is 10.2 Å². The van der Waals surface area contributed by atoms with Crippen LogP contribution < -0.4 is 10.6 Å². The first-order valence-electron chi connectivity index (χ1n) is 6.49. The van der Waals surface area contributed by atoms with Gasteiger partial charge in [0.2, 0.25) is 0 Å². The molecule has 0 spiro atoms. The molecule has 1 aromatic heterocycles. The largest absolute Gasteiger partial charge is 0.463 e. The van der Waals surface area contributed by atoms with E-state index in [2.05, 4.69) is 21.2 Å². The fourth-order valence-electron chi connectivity index (χ4n) is 1.88. The molecule has 0 aliphatic carbocycles. The Labute approximate surface area is 126 Å². The molecule has 1 atom stereocenters. The maximum atomic E-state index is 11.9. The Morgan fingerprint density at radius 1 is 1.45 bits per heavy atom. The van der Waals surface area contributed by atoms with Crippen molar-refractivity contribution in [3.8, 4) is 0 Å². The van der Waals surface area contributed by atoms with Crippen molar-refractivity contribution in [1.29, 1.82) is 0 Å². The van der Waals surface area contributed by atoms with Gasteiger partial charge in [0.15, 0.2) is 12.3 Å². The normalized spacial score (nSPS) is 12.2. The van der Waals surface area contributed by atoms with Gasteiger partial charge in [-0.1, -0.05) is 15.9 Å². The summed E-state index contributed by atoms with van der Waals surface area (Å²) in [6.07, 6.45) is 1.64. The molecule has 0 bridgehead atoms. The fraction of sp³-hybridized carbons (Fsp3) is 0.267. The summed E-state index contributed by atoms with van der Waals surface area (Å²) in [4.78, 5) is 11.9. The summed E-state index contributed by atoms with van der Waals surface area (Å²) >= 11 is 3.44. The lowest BCUT2D eigenvalue weighted by molar-refractivity contribution is -0.684. The standard InChI is InChI=1S/C15H17BrN2O2/c1-10-8-12(5-6-13(10)16)18-15(19)9-17-11(2)14-4-3-7-20-14/h3-8,11,17H,9H2,1-2H3,(H,18,19)/p+1/t11-/m0/s1. The Kier molecular flexibility index (Phi) is 4.98. The quantitative estimate of drug-likeness (QED) is 0.880. The number of carbonyl (C=O) groups excluding carboxylic acids is 1. The zero-order valence-electron chi connectivity index (χ0n) is 11.5. The molecule has 2 rings (SSSR count). The zero-order chi connectivity index (χ0) is 14.5. The fourth-order valence-corrected chi connectivity index (χ4v) is 2.13. The number of aryl methyl sites for hydroxylation is 1. The maximum absolute atomic E-state index is 11.9. The Morgan fingerprint density at radius 3 is 2.90 bits per heavy atom. The van der Waals surface area contributed by atoms with E-state index in [1.165, 1.54) is 0 Å². The molecule has 2 aromatic rings. The number of quaternary nitrogens is 1. The van der Waals surface area contributed by atoms with Crippen molar-refractivity contribution < 1.29 is 14.5 Å². The van der Waals surface area contributed by atoms with Crippen molar-refractivity contribution in [2.45, 2.75) is 19.9 Å². The average molecular weight is 338 g/mol. The maximum Gasteiger partial charge on any atom is 0.279 e. The lowest BCUT2D eigenvalue weighted by Gasteiger charge is -2.09. The molecule has 20 heavy (non-hydrogen) atoms. The molecule has 0 unspecified atom stereocenters. The summed E-state index contributed by atoms with van der Waals surface area (Å²) in [5, 5.41) is 4.83. The number of benzene rings is 1. The number of hydrogen-bond donors (Lipinski definition) is 2. The summed E-state index contributed by atoms with van der Waals surface area (Å²) in [5.41, 5.74) is 1.91. The van der Waals surface area contributed by atoms with Crippen LogP contribution in [0.1, 0.15) is 24.3 Å². The van der Waals surface area contributed by atoms with E-state index < -0.39 is 0 Å². The average Bonchev–Trinajstić information content (AvgIpc) is 2.94. The number of nitrogens with two attached hydrogens (primary N) is 1. The third kappa shape index (κ3) is 3.95. The molecule has 4 nitrogen and oxygen atoms in total. The van der Waals surface area contributed by atoms with Gasteiger partial charge in [0.05, 0.1) is 6.26 Å². The minimum absolute atomic E-state index is 0.0230. The minimum atomic E-state index is -0.0230. The van der Waals surface area contributed by atoms with Gasteiger partial charge in [-0.15, -0.1) is 0 Å². The van der Waals surface area contributed by atoms with Crippen LogP contribution in [0, 0.1) is 6.92 Å². The predicted octanol–water partition coefficient (Wildman–Crippen LogP) is 2.61. The summed E-state index contributed by atoms with van der Waals surface area (Å²) in [6.45, 7) is 4.36. The predicted molar refractivity (Wildman–Crippen MR) is 81.4 cm³/mol. The van der Waals surface area contributed by atoms with Crippen LogP contribution in [0.5, 0.6) is 0 Å². The van der Waals surface area contributed by atoms with E-state index in [1.807, 2.05) is 49.5 Å². The van der Waals surface area contributed by atoms with Crippen molar-refractivity contribution >= 4 is 27.5 Å². The van der Waals surface area contributed by atoms with E-state index >= 15 is 0 Å². The Morgan fingerprint density at radius 2 is 2.25 bits per heavy atom. The molecule has 0 radical (unpaired) electrons. The second kappa shape index (κ2) is 6.72. The number of furan rings is 1. The second-order valence-corrected chi connectivity index (χ2v) is 5.61. The van der Waals surface area contributed by atoms with Crippen molar-refractivity contribution in [2.75, 3.05) is 11.9 Å². The molecule has 3 N–H and O–H groups in total. The van der Waals surface area contributed by atoms with Crippen LogP contribution in [-0.2, 0) is 4.79 Å². The van der Waals surface area contributed by atoms with Crippen LogP contribution in [0.15, 0.2) is 45.5 Å². The molecule has 5 heteroatoms. The minimum Gasteiger partial charge on any atom is -0.463 e. The number of halogens is 1. The topological polar surface area (TPSA) is 58.9 Å². The number of anilines is 1. The van der Waals surface area contributed by atoms with Gasteiger partial charge >= 0.3 is 0 Å². The second-order valence-electron chi connectivity index (χ2n) is 4.76. The SMILES string of the molecule is Cc1cc(NC(=O)C[NH2+][C@@H](C)c2ccco2)ccc1Br. The van der Waals surface area contributed by atoms with Gasteiger partial charge in [-0.2, -0.15) is 0 Å². The molecule has 0 aliphatic rings. The number of rotatable bonds is 5. The van der Waals surface area contributed by atoms with E-state index in [4.69, 9.17) is 4.42 Å². The summed E-state index contributed by atoms with van der Waals surface area (Å²) in [7, 11) is 0. The molecule has 1 amide bonds. The highest BCUT2D eigenvalue weighted by Gasteiger charge is 2.13. The highest BCUT2D eigenvalue weighted by Crippen LogP contribution is 2.19. The molecule has 0 fully saturated rings. The van der Waals surface area contributed by atoms with Gasteiger partial charge in [0.1, 0.15) is 6.04 Å². The van der Waals surface area contributed by atoms with Crippen LogP contribution in [-0.4, -0.2) is 12.5 Å². The van der Waals surface area contributed by atoms with Gasteiger partial charge in [-0.25, -0.2) is 0 Å². The first kappa shape index (κ1) is 14.8. The van der Waals surface area contributed by atoms with Gasteiger partial charge < -0.3 is 15.1 Å². The van der Waals surface area contributed by atoms with Crippen LogP contribution in [0.4, 0.5) is 5.69 Å². The highest BCUT2D eigenvalue weighted by atomic mass is 79.9. The van der Waals surface area contributed by atoms with Crippen molar-refractivity contribution in [1.82, 2.24) is 0 Å². The van der Waals surface area contributed by atoms with Crippen LogP contribution >= 0.6 is 15.9 Å². The molecular formula is C15H18BrN2O2+. The summed E-state index contributed by atoms with van der Waals surface area (Å²) < 4.78 is 6.34. The Balaban J connectivity index is 1.85. The zero-order valence-corrected chi connectivity index (χ0v) is 13.1. The molecule has 1 heterocycles.